The average molecular weight is 441 g/mol. The second kappa shape index (κ2) is 8.36. The van der Waals surface area contributed by atoms with Crippen LogP contribution in [0.2, 0.25) is 0 Å². The van der Waals surface area contributed by atoms with E-state index in [0.29, 0.717) is 4.47 Å². The van der Waals surface area contributed by atoms with Crippen LogP contribution in [0.4, 0.5) is 5.13 Å². The van der Waals surface area contributed by atoms with Crippen LogP contribution in [0.15, 0.2) is 57.3 Å². The third-order valence-electron chi connectivity index (χ3n) is 5.07. The highest BCUT2D eigenvalue weighted by atomic mass is 79.9. The summed E-state index contributed by atoms with van der Waals surface area (Å²) in [5.74, 6) is 0.952. The third kappa shape index (κ3) is 4.47. The minimum Gasteiger partial charge on any atom is -0.507 e. The highest BCUT2D eigenvalue weighted by Gasteiger charge is 2.15. The van der Waals surface area contributed by atoms with Crippen molar-refractivity contribution in [2.24, 2.45) is 4.99 Å². The van der Waals surface area contributed by atoms with Crippen molar-refractivity contribution in [3.05, 3.63) is 63.4 Å². The minimum atomic E-state index is 0.223. The van der Waals surface area contributed by atoms with Gasteiger partial charge in [-0.3, -0.25) is 0 Å². The van der Waals surface area contributed by atoms with Gasteiger partial charge in [0.25, 0.3) is 0 Å². The molecular weight excluding hydrogens is 420 g/mol. The van der Waals surface area contributed by atoms with Crippen molar-refractivity contribution in [1.82, 2.24) is 4.98 Å². The maximum absolute atomic E-state index is 9.56. The fourth-order valence-corrected chi connectivity index (χ4v) is 4.62. The molecule has 5 heteroatoms. The van der Waals surface area contributed by atoms with E-state index in [-0.39, 0.29) is 5.75 Å². The predicted molar refractivity (Wildman–Crippen MR) is 116 cm³/mol. The van der Waals surface area contributed by atoms with Crippen LogP contribution in [0, 0.1) is 0 Å². The monoisotopic (exact) mass is 440 g/mol. The van der Waals surface area contributed by atoms with Gasteiger partial charge >= 0.3 is 0 Å². The number of hydrogen-bond acceptors (Lipinski definition) is 4. The Labute approximate surface area is 172 Å². The van der Waals surface area contributed by atoms with E-state index < -0.39 is 0 Å². The van der Waals surface area contributed by atoms with Crippen molar-refractivity contribution in [1.29, 1.82) is 0 Å². The van der Waals surface area contributed by atoms with E-state index in [0.717, 1.165) is 27.9 Å². The van der Waals surface area contributed by atoms with Crippen LogP contribution in [-0.4, -0.2) is 16.3 Å². The molecule has 138 valence electrons. The van der Waals surface area contributed by atoms with E-state index in [9.17, 15) is 5.11 Å². The second-order valence-electron chi connectivity index (χ2n) is 6.94. The lowest BCUT2D eigenvalue weighted by Gasteiger charge is -2.22. The summed E-state index contributed by atoms with van der Waals surface area (Å²) in [6.07, 6.45) is 8.51. The Hall–Kier alpha value is -1.98. The van der Waals surface area contributed by atoms with Crippen molar-refractivity contribution >= 4 is 38.6 Å². The maximum atomic E-state index is 9.56. The Morgan fingerprint density at radius 3 is 2.59 bits per heavy atom. The van der Waals surface area contributed by atoms with E-state index in [1.54, 1.807) is 12.3 Å². The number of phenolic OH excluding ortho intramolecular Hbond substituents is 1. The standard InChI is InChI=1S/C22H21BrN2OS/c23-19-12-15(6-11-21(19)26)13-24-22-25-20(14-27-22)18-9-7-17(8-10-18)16-4-2-1-3-5-16/h6-14,16,26H,1-5H2. The molecule has 3 nitrogen and oxygen atoms in total. The van der Waals surface area contributed by atoms with Crippen LogP contribution in [-0.2, 0) is 0 Å². The first-order chi connectivity index (χ1) is 13.2. The van der Waals surface area contributed by atoms with Crippen LogP contribution < -0.4 is 0 Å². The maximum Gasteiger partial charge on any atom is 0.209 e. The SMILES string of the molecule is Oc1ccc(C=Nc2nc(-c3ccc(C4CCCCC4)cc3)cs2)cc1Br. The molecule has 1 N–H and O–H groups in total. The summed E-state index contributed by atoms with van der Waals surface area (Å²) < 4.78 is 0.657. The largest absolute Gasteiger partial charge is 0.507 e. The van der Waals surface area contributed by atoms with Gasteiger partial charge in [0.1, 0.15) is 5.75 Å². The first-order valence-electron chi connectivity index (χ1n) is 9.27. The van der Waals surface area contributed by atoms with Gasteiger partial charge in [-0.1, -0.05) is 43.5 Å². The lowest BCUT2D eigenvalue weighted by atomic mass is 9.84. The fourth-order valence-electron chi connectivity index (χ4n) is 3.55. The molecule has 1 heterocycles. The van der Waals surface area contributed by atoms with Crippen LogP contribution in [0.3, 0.4) is 0 Å². The number of aromatic hydroxyl groups is 1. The Balaban J connectivity index is 1.47. The van der Waals surface area contributed by atoms with Gasteiger partial charge in [0, 0.05) is 17.2 Å². The summed E-state index contributed by atoms with van der Waals surface area (Å²) in [5.41, 5.74) is 4.48. The molecule has 1 fully saturated rings. The van der Waals surface area contributed by atoms with Gasteiger partial charge < -0.3 is 5.11 Å². The molecule has 0 spiro atoms. The zero-order chi connectivity index (χ0) is 18.6. The van der Waals surface area contributed by atoms with Gasteiger partial charge in [0.15, 0.2) is 0 Å². The van der Waals surface area contributed by atoms with Crippen molar-refractivity contribution < 1.29 is 5.11 Å². The molecule has 4 rings (SSSR count). The Bertz CT molecular complexity index is 943. The normalized spacial score (nSPS) is 15.4. The van der Waals surface area contributed by atoms with E-state index in [4.69, 9.17) is 0 Å². The summed E-state index contributed by atoms with van der Waals surface area (Å²) in [6.45, 7) is 0. The molecule has 1 saturated carbocycles. The van der Waals surface area contributed by atoms with Crippen LogP contribution in [0.25, 0.3) is 11.3 Å². The van der Waals surface area contributed by atoms with Gasteiger partial charge in [-0.2, -0.15) is 0 Å². The van der Waals surface area contributed by atoms with E-state index in [2.05, 4.69) is 55.6 Å². The molecule has 0 unspecified atom stereocenters. The summed E-state index contributed by atoms with van der Waals surface area (Å²) in [6, 6.07) is 14.2. The number of thiazole rings is 1. The van der Waals surface area contributed by atoms with Gasteiger partial charge in [-0.25, -0.2) is 9.98 Å². The Morgan fingerprint density at radius 2 is 1.85 bits per heavy atom. The van der Waals surface area contributed by atoms with Crippen molar-refractivity contribution in [3.63, 3.8) is 0 Å². The zero-order valence-corrected chi connectivity index (χ0v) is 17.3. The fraction of sp³-hybridized carbons (Fsp3) is 0.273. The highest BCUT2D eigenvalue weighted by molar-refractivity contribution is 9.10. The van der Waals surface area contributed by atoms with E-state index >= 15 is 0 Å². The van der Waals surface area contributed by atoms with Crippen molar-refractivity contribution in [2.45, 2.75) is 38.0 Å². The molecule has 0 atom stereocenters. The molecule has 3 aromatic rings. The molecule has 0 amide bonds. The number of benzene rings is 2. The number of hydrogen-bond donors (Lipinski definition) is 1. The molecule has 0 bridgehead atoms. The van der Waals surface area contributed by atoms with Gasteiger partial charge in [0.2, 0.25) is 5.13 Å². The van der Waals surface area contributed by atoms with Gasteiger partial charge in [0.05, 0.1) is 10.2 Å². The van der Waals surface area contributed by atoms with Crippen molar-refractivity contribution in [3.8, 4) is 17.0 Å². The van der Waals surface area contributed by atoms with Gasteiger partial charge in [-0.15, -0.1) is 11.3 Å². The number of rotatable bonds is 4. The lowest BCUT2D eigenvalue weighted by molar-refractivity contribution is 0.443. The quantitative estimate of drug-likeness (QED) is 0.440. The number of halogens is 1. The second-order valence-corrected chi connectivity index (χ2v) is 8.63. The summed E-state index contributed by atoms with van der Waals surface area (Å²) >= 11 is 4.85. The smallest absolute Gasteiger partial charge is 0.209 e. The molecule has 27 heavy (non-hydrogen) atoms. The number of aliphatic imine (C=N–C) groups is 1. The Kier molecular flexibility index (Phi) is 5.69. The topological polar surface area (TPSA) is 45.5 Å². The summed E-state index contributed by atoms with van der Waals surface area (Å²) in [4.78, 5) is 9.10. The van der Waals surface area contributed by atoms with Crippen LogP contribution in [0.1, 0.15) is 49.1 Å². The van der Waals surface area contributed by atoms with Crippen LogP contribution >= 0.6 is 27.3 Å². The molecule has 1 aromatic heterocycles. The number of phenols is 1. The third-order valence-corrected chi connectivity index (χ3v) is 6.45. The first-order valence-corrected chi connectivity index (χ1v) is 10.9. The number of nitrogens with zero attached hydrogens (tertiary/aromatic N) is 2. The molecule has 1 aliphatic rings. The zero-order valence-electron chi connectivity index (χ0n) is 14.9. The van der Waals surface area contributed by atoms with Crippen molar-refractivity contribution in [2.75, 3.05) is 0 Å². The molecule has 0 aliphatic heterocycles. The van der Waals surface area contributed by atoms with Crippen LogP contribution in [0.5, 0.6) is 5.75 Å². The highest BCUT2D eigenvalue weighted by Crippen LogP contribution is 2.34. The molecule has 0 saturated heterocycles. The van der Waals surface area contributed by atoms with Gasteiger partial charge in [-0.05, 0) is 64.0 Å². The van der Waals surface area contributed by atoms with E-state index in [1.165, 1.54) is 49.0 Å². The first kappa shape index (κ1) is 18.4. The molecular formula is C22H21BrN2OS. The summed E-state index contributed by atoms with van der Waals surface area (Å²) in [5, 5.41) is 12.3. The van der Waals surface area contributed by atoms with E-state index in [1.807, 2.05) is 12.1 Å². The Morgan fingerprint density at radius 1 is 1.07 bits per heavy atom. The lowest BCUT2D eigenvalue weighted by Crippen LogP contribution is -2.04. The molecule has 0 radical (unpaired) electrons. The number of aromatic nitrogens is 1. The average Bonchev–Trinajstić information content (AvgIpc) is 3.19. The predicted octanol–water partition coefficient (Wildman–Crippen LogP) is 7.08. The minimum absolute atomic E-state index is 0.223. The molecule has 2 aromatic carbocycles. The summed E-state index contributed by atoms with van der Waals surface area (Å²) in [7, 11) is 0. The molecule has 1 aliphatic carbocycles.